The summed E-state index contributed by atoms with van der Waals surface area (Å²) in [5.41, 5.74) is 3.30. The second-order valence-electron chi connectivity index (χ2n) is 12.4. The molecule has 0 aromatic heterocycles. The summed E-state index contributed by atoms with van der Waals surface area (Å²) in [5, 5.41) is 11.4. The lowest BCUT2D eigenvalue weighted by Gasteiger charge is -2.23. The average molecular weight is 688 g/mol. The molecule has 1 spiro atoms. The van der Waals surface area contributed by atoms with Gasteiger partial charge in [-0.1, -0.05) is 99.0 Å². The highest BCUT2D eigenvalue weighted by atomic mass is 32.2. The molecular formula is C36H41N5O7S. The van der Waals surface area contributed by atoms with E-state index in [1.54, 1.807) is 54.6 Å². The van der Waals surface area contributed by atoms with E-state index in [0.29, 0.717) is 23.2 Å². The third kappa shape index (κ3) is 8.23. The van der Waals surface area contributed by atoms with Crippen molar-refractivity contribution >= 4 is 39.5 Å². The predicted molar refractivity (Wildman–Crippen MR) is 182 cm³/mol. The second-order valence-corrected chi connectivity index (χ2v) is 14.1. The predicted octanol–water partition coefficient (Wildman–Crippen LogP) is 3.88. The summed E-state index contributed by atoms with van der Waals surface area (Å²) < 4.78 is 28.8. The normalized spacial score (nSPS) is 15.9. The van der Waals surface area contributed by atoms with Crippen LogP contribution in [0.2, 0.25) is 0 Å². The SMILES string of the molecule is CCCCC1=NC2(CCCC2)C(=O)N1Cc1ccc(-c2ccccc2S(=O)(=O)NC(=O)CNC(=O)C(Cc2ccccc2)C(=O)NO)cc1. The molecule has 1 unspecified atom stereocenters. The molecule has 3 aromatic rings. The van der Waals surface area contributed by atoms with Gasteiger partial charge in [-0.25, -0.2) is 18.6 Å². The summed E-state index contributed by atoms with van der Waals surface area (Å²) in [6.45, 7) is 1.76. The van der Waals surface area contributed by atoms with Crippen LogP contribution in [0.4, 0.5) is 0 Å². The average Bonchev–Trinajstić information content (AvgIpc) is 3.69. The van der Waals surface area contributed by atoms with Gasteiger partial charge in [0.1, 0.15) is 17.3 Å². The molecule has 1 saturated carbocycles. The number of benzene rings is 3. The van der Waals surface area contributed by atoms with E-state index in [9.17, 15) is 27.6 Å². The quantitative estimate of drug-likeness (QED) is 0.113. The summed E-state index contributed by atoms with van der Waals surface area (Å²) in [5.74, 6) is -3.30. The highest BCUT2D eigenvalue weighted by Crippen LogP contribution is 2.40. The summed E-state index contributed by atoms with van der Waals surface area (Å²) in [6.07, 6.45) is 6.19. The van der Waals surface area contributed by atoms with Crippen molar-refractivity contribution in [1.82, 2.24) is 20.4 Å². The molecule has 2 aliphatic rings. The Bertz CT molecular complexity index is 1820. The Morgan fingerprint density at radius 3 is 2.27 bits per heavy atom. The van der Waals surface area contributed by atoms with Crippen LogP contribution in [0.3, 0.4) is 0 Å². The van der Waals surface area contributed by atoms with E-state index in [1.165, 1.54) is 17.6 Å². The van der Waals surface area contributed by atoms with Gasteiger partial charge in [0.25, 0.3) is 27.7 Å². The van der Waals surface area contributed by atoms with Gasteiger partial charge >= 0.3 is 0 Å². The van der Waals surface area contributed by atoms with Crippen LogP contribution in [-0.2, 0) is 42.2 Å². The lowest BCUT2D eigenvalue weighted by molar-refractivity contribution is -0.141. The van der Waals surface area contributed by atoms with E-state index in [-0.39, 0.29) is 17.2 Å². The van der Waals surface area contributed by atoms with Gasteiger partial charge in [-0.15, -0.1) is 0 Å². The largest absolute Gasteiger partial charge is 0.346 e. The van der Waals surface area contributed by atoms with E-state index in [0.717, 1.165) is 56.3 Å². The number of amides is 4. The van der Waals surface area contributed by atoms with Crippen molar-refractivity contribution in [2.45, 2.75) is 75.3 Å². The number of nitrogens with zero attached hydrogens (tertiary/aromatic N) is 2. The first kappa shape index (κ1) is 35.4. The zero-order valence-electron chi connectivity index (χ0n) is 27.4. The van der Waals surface area contributed by atoms with E-state index in [4.69, 9.17) is 10.2 Å². The fourth-order valence-electron chi connectivity index (χ4n) is 6.37. The molecule has 4 N–H and O–H groups in total. The first-order valence-corrected chi connectivity index (χ1v) is 18.0. The van der Waals surface area contributed by atoms with Crippen molar-refractivity contribution in [1.29, 1.82) is 0 Å². The van der Waals surface area contributed by atoms with Crippen LogP contribution >= 0.6 is 0 Å². The van der Waals surface area contributed by atoms with E-state index in [2.05, 4.69) is 12.2 Å². The minimum Gasteiger partial charge on any atom is -0.346 e. The van der Waals surface area contributed by atoms with Crippen LogP contribution in [-0.4, -0.2) is 60.1 Å². The molecule has 4 amide bonds. The Kier molecular flexibility index (Phi) is 11.2. The molecule has 12 nitrogen and oxygen atoms in total. The van der Waals surface area contributed by atoms with E-state index in [1.807, 2.05) is 21.8 Å². The molecule has 1 aliphatic heterocycles. The third-order valence-corrected chi connectivity index (χ3v) is 10.4. The molecule has 258 valence electrons. The minimum absolute atomic E-state index is 0.0477. The fourth-order valence-corrected chi connectivity index (χ4v) is 7.59. The van der Waals surface area contributed by atoms with Gasteiger partial charge in [-0.2, -0.15) is 0 Å². The van der Waals surface area contributed by atoms with Crippen molar-refractivity contribution in [2.24, 2.45) is 10.9 Å². The number of nitrogens with one attached hydrogen (secondary N) is 3. The first-order chi connectivity index (χ1) is 23.6. The molecule has 1 heterocycles. The molecule has 0 saturated heterocycles. The highest BCUT2D eigenvalue weighted by molar-refractivity contribution is 7.90. The van der Waals surface area contributed by atoms with Gasteiger partial charge in [-0.05, 0) is 48.4 Å². The van der Waals surface area contributed by atoms with Gasteiger partial charge in [0.05, 0.1) is 18.0 Å². The van der Waals surface area contributed by atoms with Crippen molar-refractivity contribution in [3.05, 3.63) is 90.0 Å². The summed E-state index contributed by atoms with van der Waals surface area (Å²) in [7, 11) is -4.38. The van der Waals surface area contributed by atoms with Crippen LogP contribution in [0.5, 0.6) is 0 Å². The molecule has 0 bridgehead atoms. The monoisotopic (exact) mass is 687 g/mol. The second kappa shape index (κ2) is 15.6. The number of carbonyl (C=O) groups is 4. The number of aliphatic imine (C=N–C) groups is 1. The van der Waals surface area contributed by atoms with Crippen molar-refractivity contribution in [3.8, 4) is 11.1 Å². The van der Waals surface area contributed by atoms with Gasteiger partial charge in [-0.3, -0.25) is 34.3 Å². The Morgan fingerprint density at radius 1 is 0.918 bits per heavy atom. The molecular weight excluding hydrogens is 646 g/mol. The summed E-state index contributed by atoms with van der Waals surface area (Å²) in [4.78, 5) is 57.8. The maximum absolute atomic E-state index is 13.5. The number of sulfonamides is 1. The van der Waals surface area contributed by atoms with E-state index >= 15 is 0 Å². The van der Waals surface area contributed by atoms with Gasteiger partial charge < -0.3 is 5.32 Å². The zero-order chi connectivity index (χ0) is 35.0. The van der Waals surface area contributed by atoms with Crippen LogP contribution in [0, 0.1) is 5.92 Å². The smallest absolute Gasteiger partial charge is 0.264 e. The Morgan fingerprint density at radius 2 is 1.59 bits per heavy atom. The third-order valence-electron chi connectivity index (χ3n) is 8.96. The first-order valence-electron chi connectivity index (χ1n) is 16.5. The number of rotatable bonds is 14. The molecule has 1 atom stereocenters. The standard InChI is InChI=1S/C36H41N5O7S/c1-2-3-15-31-38-36(20-9-10-21-36)35(45)41(31)24-26-16-18-27(19-17-26)28-13-7-8-14-30(28)49(47,48)40-32(42)23-37-33(43)29(34(44)39-46)22-25-11-5-4-6-12-25/h4-8,11-14,16-19,29,46H,2-3,9-10,15,20-24H2,1H3,(H,37,43)(H,39,44)(H,40,42). The molecule has 3 aromatic carbocycles. The number of amidine groups is 1. The Labute approximate surface area is 286 Å². The fraction of sp³-hybridized carbons (Fsp3) is 0.361. The van der Waals surface area contributed by atoms with Gasteiger partial charge in [0.2, 0.25) is 5.91 Å². The lowest BCUT2D eigenvalue weighted by atomic mass is 9.98. The van der Waals surface area contributed by atoms with E-state index < -0.39 is 45.7 Å². The summed E-state index contributed by atoms with van der Waals surface area (Å²) in [6, 6.07) is 22.1. The number of hydrogen-bond acceptors (Lipinski definition) is 8. The molecule has 49 heavy (non-hydrogen) atoms. The highest BCUT2D eigenvalue weighted by Gasteiger charge is 2.49. The number of unbranched alkanes of at least 4 members (excludes halogenated alkanes) is 1. The number of hydroxylamine groups is 1. The van der Waals surface area contributed by atoms with Crippen molar-refractivity contribution in [2.75, 3.05) is 6.54 Å². The van der Waals surface area contributed by atoms with Crippen LogP contribution in [0.25, 0.3) is 11.1 Å². The minimum atomic E-state index is -4.38. The number of hydrogen-bond donors (Lipinski definition) is 4. The Balaban J connectivity index is 1.25. The maximum atomic E-state index is 13.5. The maximum Gasteiger partial charge on any atom is 0.264 e. The van der Waals surface area contributed by atoms with Crippen molar-refractivity contribution < 1.29 is 32.8 Å². The molecule has 1 fully saturated rings. The topological polar surface area (TPSA) is 174 Å². The molecule has 5 rings (SSSR count). The van der Waals surface area contributed by atoms with Crippen LogP contribution in [0.1, 0.15) is 63.0 Å². The Hall–Kier alpha value is -4.88. The van der Waals surface area contributed by atoms with Crippen LogP contribution in [0.15, 0.2) is 88.8 Å². The molecule has 0 radical (unpaired) electrons. The lowest BCUT2D eigenvalue weighted by Crippen LogP contribution is -2.45. The van der Waals surface area contributed by atoms with Gasteiger partial charge in [0, 0.05) is 12.0 Å². The van der Waals surface area contributed by atoms with Crippen molar-refractivity contribution in [3.63, 3.8) is 0 Å². The molecule has 1 aliphatic carbocycles. The zero-order valence-corrected chi connectivity index (χ0v) is 28.2. The molecule has 13 heteroatoms. The number of carbonyl (C=O) groups excluding carboxylic acids is 4. The van der Waals surface area contributed by atoms with Crippen LogP contribution < -0.4 is 15.5 Å². The van der Waals surface area contributed by atoms with Gasteiger partial charge in [0.15, 0.2) is 0 Å². The summed E-state index contributed by atoms with van der Waals surface area (Å²) >= 11 is 0.